The van der Waals surface area contributed by atoms with Crippen molar-refractivity contribution in [2.45, 2.75) is 63.5 Å². The van der Waals surface area contributed by atoms with Gasteiger partial charge in [0.1, 0.15) is 11.4 Å². The second kappa shape index (κ2) is 11.6. The Hall–Kier alpha value is -3.44. The number of piperidine rings is 1. The summed E-state index contributed by atoms with van der Waals surface area (Å²) in [6, 6.07) is 8.65. The smallest absolute Gasteiger partial charge is 0.424 e. The standard InChI is InChI=1S/C28H30F6N4O2/c29-27(30,31)25-15-21(11-12-35-25)38-13-3-4-18(17-38)14-20-5-1-2-6-23(20)37-26-36-16-24(39-26)19-7-9-22(10-8-19)40-28(32,33)34/h7-12,15-16,18,20,23H,1-6,13-14,17H2,(H,36,37)/t18-,20+,23-/m1/s1. The number of anilines is 2. The molecule has 0 amide bonds. The van der Waals surface area contributed by atoms with Gasteiger partial charge in [-0.05, 0) is 80.3 Å². The summed E-state index contributed by atoms with van der Waals surface area (Å²) in [5, 5.41) is 3.42. The van der Waals surface area contributed by atoms with Crippen molar-refractivity contribution < 1.29 is 35.5 Å². The van der Waals surface area contributed by atoms with E-state index in [-0.39, 0.29) is 11.8 Å². The highest BCUT2D eigenvalue weighted by molar-refractivity contribution is 5.58. The summed E-state index contributed by atoms with van der Waals surface area (Å²) in [4.78, 5) is 9.85. The minimum Gasteiger partial charge on any atom is -0.424 e. The maximum absolute atomic E-state index is 13.2. The van der Waals surface area contributed by atoms with Gasteiger partial charge in [-0.3, -0.25) is 4.98 Å². The van der Waals surface area contributed by atoms with Crippen molar-refractivity contribution >= 4 is 11.7 Å². The Labute approximate surface area is 227 Å². The van der Waals surface area contributed by atoms with Crippen LogP contribution in [-0.4, -0.2) is 35.5 Å². The van der Waals surface area contributed by atoms with E-state index in [2.05, 4.69) is 20.0 Å². The van der Waals surface area contributed by atoms with E-state index in [1.165, 1.54) is 36.7 Å². The zero-order chi connectivity index (χ0) is 28.3. The Morgan fingerprint density at radius 2 is 1.73 bits per heavy atom. The number of ether oxygens (including phenoxy) is 1. The van der Waals surface area contributed by atoms with Gasteiger partial charge < -0.3 is 19.4 Å². The van der Waals surface area contributed by atoms with E-state index in [0.29, 0.717) is 48.0 Å². The minimum absolute atomic E-state index is 0.135. The van der Waals surface area contributed by atoms with E-state index in [9.17, 15) is 26.3 Å². The normalized spacial score (nSPS) is 22.2. The lowest BCUT2D eigenvalue weighted by molar-refractivity contribution is -0.274. The summed E-state index contributed by atoms with van der Waals surface area (Å²) in [5.74, 6) is 0.814. The molecule has 0 radical (unpaired) electrons. The largest absolute Gasteiger partial charge is 0.573 e. The molecule has 1 saturated heterocycles. The molecule has 216 valence electrons. The third-order valence-electron chi connectivity index (χ3n) is 7.65. The van der Waals surface area contributed by atoms with Crippen LogP contribution in [0.1, 0.15) is 50.6 Å². The first-order chi connectivity index (χ1) is 19.0. The molecule has 2 fully saturated rings. The number of rotatable bonds is 7. The lowest BCUT2D eigenvalue weighted by Crippen LogP contribution is -2.39. The van der Waals surface area contributed by atoms with Crippen molar-refractivity contribution in [3.8, 4) is 17.1 Å². The fraction of sp³-hybridized carbons (Fsp3) is 0.500. The zero-order valence-electron chi connectivity index (χ0n) is 21.6. The van der Waals surface area contributed by atoms with Crippen LogP contribution in [0.5, 0.6) is 5.75 Å². The molecule has 3 atom stereocenters. The van der Waals surface area contributed by atoms with Crippen molar-refractivity contribution in [1.82, 2.24) is 9.97 Å². The van der Waals surface area contributed by atoms with Gasteiger partial charge in [0.05, 0.1) is 6.20 Å². The molecule has 1 N–H and O–H groups in total. The van der Waals surface area contributed by atoms with Crippen molar-refractivity contribution in [3.05, 3.63) is 54.5 Å². The van der Waals surface area contributed by atoms with Gasteiger partial charge in [-0.1, -0.05) is 12.8 Å². The molecule has 12 heteroatoms. The quantitative estimate of drug-likeness (QED) is 0.292. The van der Waals surface area contributed by atoms with Crippen molar-refractivity contribution in [1.29, 1.82) is 0 Å². The molecule has 5 rings (SSSR count). The van der Waals surface area contributed by atoms with Gasteiger partial charge >= 0.3 is 12.5 Å². The van der Waals surface area contributed by atoms with Crippen LogP contribution in [0.3, 0.4) is 0 Å². The molecule has 1 aliphatic heterocycles. The van der Waals surface area contributed by atoms with Crippen LogP contribution >= 0.6 is 0 Å². The Morgan fingerprint density at radius 1 is 0.950 bits per heavy atom. The van der Waals surface area contributed by atoms with E-state index in [0.717, 1.165) is 51.0 Å². The monoisotopic (exact) mass is 568 g/mol. The molecule has 3 aromatic rings. The molecule has 2 aromatic heterocycles. The van der Waals surface area contributed by atoms with E-state index in [4.69, 9.17) is 4.42 Å². The van der Waals surface area contributed by atoms with Crippen LogP contribution in [0.4, 0.5) is 38.0 Å². The molecule has 3 heterocycles. The van der Waals surface area contributed by atoms with Crippen LogP contribution in [0.15, 0.2) is 53.2 Å². The number of hydrogen-bond acceptors (Lipinski definition) is 6. The van der Waals surface area contributed by atoms with Crippen LogP contribution in [-0.2, 0) is 6.18 Å². The van der Waals surface area contributed by atoms with E-state index >= 15 is 0 Å². The number of nitrogens with zero attached hydrogens (tertiary/aromatic N) is 3. The third-order valence-corrected chi connectivity index (χ3v) is 7.65. The summed E-state index contributed by atoms with van der Waals surface area (Å²) in [7, 11) is 0. The number of pyridine rings is 1. The van der Waals surface area contributed by atoms with E-state index in [1.807, 2.05) is 4.90 Å². The Morgan fingerprint density at radius 3 is 2.48 bits per heavy atom. The number of aromatic nitrogens is 2. The maximum Gasteiger partial charge on any atom is 0.573 e. The van der Waals surface area contributed by atoms with Crippen molar-refractivity contribution in [2.75, 3.05) is 23.3 Å². The highest BCUT2D eigenvalue weighted by Crippen LogP contribution is 2.37. The Bertz CT molecular complexity index is 1260. The average Bonchev–Trinajstić information content (AvgIpc) is 3.38. The molecule has 2 aliphatic rings. The second-order valence-corrected chi connectivity index (χ2v) is 10.5. The summed E-state index contributed by atoms with van der Waals surface area (Å²) >= 11 is 0. The summed E-state index contributed by atoms with van der Waals surface area (Å²) in [6.45, 7) is 1.41. The fourth-order valence-corrected chi connectivity index (χ4v) is 5.82. The lowest BCUT2D eigenvalue weighted by Gasteiger charge is -2.39. The minimum atomic E-state index is -4.76. The number of nitrogens with one attached hydrogen (secondary N) is 1. The predicted octanol–water partition coefficient (Wildman–Crippen LogP) is 7.93. The first-order valence-electron chi connectivity index (χ1n) is 13.4. The lowest BCUT2D eigenvalue weighted by atomic mass is 9.77. The van der Waals surface area contributed by atoms with E-state index < -0.39 is 18.2 Å². The van der Waals surface area contributed by atoms with Crippen LogP contribution in [0, 0.1) is 11.8 Å². The van der Waals surface area contributed by atoms with Crippen LogP contribution in [0.2, 0.25) is 0 Å². The summed E-state index contributed by atoms with van der Waals surface area (Å²) in [6.07, 6.45) is 0.559. The first-order valence-corrected chi connectivity index (χ1v) is 13.4. The number of alkyl halides is 6. The van der Waals surface area contributed by atoms with Crippen molar-refractivity contribution in [2.24, 2.45) is 11.8 Å². The molecule has 1 aromatic carbocycles. The topological polar surface area (TPSA) is 63.4 Å². The Balaban J connectivity index is 1.20. The van der Waals surface area contributed by atoms with E-state index in [1.54, 1.807) is 6.07 Å². The molecular formula is C28H30F6N4O2. The van der Waals surface area contributed by atoms with Gasteiger partial charge in [0.25, 0.3) is 6.01 Å². The van der Waals surface area contributed by atoms with Crippen LogP contribution in [0.25, 0.3) is 11.3 Å². The van der Waals surface area contributed by atoms with Gasteiger partial charge in [0.2, 0.25) is 0 Å². The van der Waals surface area contributed by atoms with Gasteiger partial charge in [-0.2, -0.15) is 13.2 Å². The third kappa shape index (κ3) is 7.19. The molecule has 0 bridgehead atoms. The Kier molecular flexibility index (Phi) is 8.14. The SMILES string of the molecule is FC(F)(F)Oc1ccc(-c2cnc(N[C@@H]3CCCC[C@H]3C[C@H]3CCCN(c4ccnc(C(F)(F)F)c4)C3)o2)cc1. The van der Waals surface area contributed by atoms with Crippen LogP contribution < -0.4 is 15.0 Å². The molecule has 1 aliphatic carbocycles. The summed E-state index contributed by atoms with van der Waals surface area (Å²) in [5.41, 5.74) is 0.248. The van der Waals surface area contributed by atoms with Gasteiger partial charge in [-0.25, -0.2) is 4.98 Å². The predicted molar refractivity (Wildman–Crippen MR) is 137 cm³/mol. The number of hydrogen-bond donors (Lipinski definition) is 1. The molecule has 0 unspecified atom stereocenters. The highest BCUT2D eigenvalue weighted by Gasteiger charge is 2.34. The van der Waals surface area contributed by atoms with Gasteiger partial charge in [0.15, 0.2) is 5.76 Å². The maximum atomic E-state index is 13.2. The average molecular weight is 569 g/mol. The molecule has 40 heavy (non-hydrogen) atoms. The second-order valence-electron chi connectivity index (χ2n) is 10.5. The number of benzene rings is 1. The molecule has 6 nitrogen and oxygen atoms in total. The molecule has 0 spiro atoms. The van der Waals surface area contributed by atoms with Gasteiger partial charge in [-0.15, -0.1) is 13.2 Å². The number of oxazole rings is 1. The first kappa shape index (κ1) is 28.1. The van der Waals surface area contributed by atoms with Crippen molar-refractivity contribution in [3.63, 3.8) is 0 Å². The zero-order valence-corrected chi connectivity index (χ0v) is 21.6. The fourth-order valence-electron chi connectivity index (χ4n) is 5.82. The molecule has 1 saturated carbocycles. The highest BCUT2D eigenvalue weighted by atomic mass is 19.4. The van der Waals surface area contributed by atoms with Gasteiger partial charge in [0, 0.05) is 36.6 Å². The number of halogens is 6. The summed E-state index contributed by atoms with van der Waals surface area (Å²) < 4.78 is 86.5. The molecular weight excluding hydrogens is 538 g/mol.